The second kappa shape index (κ2) is 8.95. The van der Waals surface area contributed by atoms with Gasteiger partial charge < -0.3 is 10.6 Å². The van der Waals surface area contributed by atoms with Crippen LogP contribution >= 0.6 is 11.6 Å². The van der Waals surface area contributed by atoms with Gasteiger partial charge in [0, 0.05) is 18.0 Å². The van der Waals surface area contributed by atoms with Gasteiger partial charge in [0.2, 0.25) is 5.91 Å². The molecule has 0 atom stereocenters. The van der Waals surface area contributed by atoms with E-state index in [1.54, 1.807) is 0 Å². The zero-order valence-corrected chi connectivity index (χ0v) is 11.6. The molecule has 1 amide bonds. The van der Waals surface area contributed by atoms with Crippen LogP contribution in [0.25, 0.3) is 0 Å². The fourth-order valence-electron chi connectivity index (χ4n) is 1.69. The lowest BCUT2D eigenvalue weighted by molar-refractivity contribution is -0.121. The summed E-state index contributed by atoms with van der Waals surface area (Å²) in [6.45, 7) is 1.69. The van der Waals surface area contributed by atoms with E-state index in [0.717, 1.165) is 37.4 Å². The molecule has 0 fully saturated rings. The maximum absolute atomic E-state index is 11.5. The number of hydrogen-bond acceptors (Lipinski definition) is 2. The number of halogens is 1. The molecule has 1 rings (SSSR count). The number of benzene rings is 1. The van der Waals surface area contributed by atoms with E-state index >= 15 is 0 Å². The molecule has 3 nitrogen and oxygen atoms in total. The first-order valence-electron chi connectivity index (χ1n) is 6.38. The number of amides is 1. The summed E-state index contributed by atoms with van der Waals surface area (Å²) in [5.74, 6) is 0.139. The summed E-state index contributed by atoms with van der Waals surface area (Å²) in [7, 11) is 1.91. The fourth-order valence-corrected chi connectivity index (χ4v) is 1.81. The molecule has 0 aliphatic rings. The van der Waals surface area contributed by atoms with Crippen molar-refractivity contribution in [2.24, 2.45) is 0 Å². The first-order chi connectivity index (χ1) is 8.72. The highest BCUT2D eigenvalue weighted by Gasteiger charge is 2.01. The van der Waals surface area contributed by atoms with Crippen LogP contribution in [0.2, 0.25) is 5.02 Å². The van der Waals surface area contributed by atoms with Crippen LogP contribution in [0.1, 0.15) is 24.8 Å². The third-order valence-electron chi connectivity index (χ3n) is 2.71. The summed E-state index contributed by atoms with van der Waals surface area (Å²) in [6, 6.07) is 7.78. The van der Waals surface area contributed by atoms with Crippen LogP contribution in [0.5, 0.6) is 0 Å². The molecule has 0 bridgehead atoms. The molecular weight excluding hydrogens is 248 g/mol. The van der Waals surface area contributed by atoms with Gasteiger partial charge in [-0.15, -0.1) is 0 Å². The van der Waals surface area contributed by atoms with Crippen molar-refractivity contribution in [2.75, 3.05) is 20.1 Å². The van der Waals surface area contributed by atoms with Gasteiger partial charge in [-0.2, -0.15) is 0 Å². The fraction of sp³-hybridized carbons (Fsp3) is 0.500. The first kappa shape index (κ1) is 15.0. The molecule has 2 N–H and O–H groups in total. The molecule has 0 aromatic heterocycles. The topological polar surface area (TPSA) is 41.1 Å². The summed E-state index contributed by atoms with van der Waals surface area (Å²) in [6.07, 6.45) is 3.35. The zero-order valence-electron chi connectivity index (χ0n) is 10.8. The van der Waals surface area contributed by atoms with Crippen LogP contribution in [-0.4, -0.2) is 26.0 Å². The van der Waals surface area contributed by atoms with Crippen molar-refractivity contribution in [1.29, 1.82) is 0 Å². The molecule has 18 heavy (non-hydrogen) atoms. The Balaban J connectivity index is 2.10. The minimum absolute atomic E-state index is 0.139. The van der Waals surface area contributed by atoms with Crippen LogP contribution in [0.3, 0.4) is 0 Å². The van der Waals surface area contributed by atoms with Crippen molar-refractivity contribution in [2.45, 2.75) is 25.7 Å². The molecule has 1 aromatic carbocycles. The van der Waals surface area contributed by atoms with Gasteiger partial charge in [-0.25, -0.2) is 0 Å². The minimum Gasteiger partial charge on any atom is -0.356 e. The molecule has 0 unspecified atom stereocenters. The number of carbonyl (C=O) groups is 1. The highest BCUT2D eigenvalue weighted by Crippen LogP contribution is 2.11. The SMILES string of the molecule is CNCCCNC(=O)CCCc1ccc(Cl)cc1. The van der Waals surface area contributed by atoms with Crippen LogP contribution in [-0.2, 0) is 11.2 Å². The van der Waals surface area contributed by atoms with E-state index in [2.05, 4.69) is 10.6 Å². The Morgan fingerprint density at radius 1 is 1.17 bits per heavy atom. The maximum atomic E-state index is 11.5. The van der Waals surface area contributed by atoms with Gasteiger partial charge in [-0.3, -0.25) is 4.79 Å². The summed E-state index contributed by atoms with van der Waals surface area (Å²) in [4.78, 5) is 11.5. The quantitative estimate of drug-likeness (QED) is 0.711. The predicted molar refractivity (Wildman–Crippen MR) is 75.9 cm³/mol. The monoisotopic (exact) mass is 268 g/mol. The lowest BCUT2D eigenvalue weighted by atomic mass is 10.1. The largest absolute Gasteiger partial charge is 0.356 e. The lowest BCUT2D eigenvalue weighted by Crippen LogP contribution is -2.26. The van der Waals surface area contributed by atoms with Crippen molar-refractivity contribution < 1.29 is 4.79 Å². The zero-order chi connectivity index (χ0) is 13.2. The Bertz CT molecular complexity index is 351. The van der Waals surface area contributed by atoms with Crippen LogP contribution in [0, 0.1) is 0 Å². The molecule has 100 valence electrons. The second-order valence-corrected chi connectivity index (χ2v) is 4.72. The van der Waals surface area contributed by atoms with E-state index < -0.39 is 0 Å². The van der Waals surface area contributed by atoms with Gasteiger partial charge in [0.15, 0.2) is 0 Å². The van der Waals surface area contributed by atoms with E-state index in [0.29, 0.717) is 6.42 Å². The van der Waals surface area contributed by atoms with Crippen LogP contribution in [0.15, 0.2) is 24.3 Å². The molecular formula is C14H21ClN2O. The van der Waals surface area contributed by atoms with Gasteiger partial charge in [0.25, 0.3) is 0 Å². The average molecular weight is 269 g/mol. The summed E-state index contributed by atoms with van der Waals surface area (Å²) >= 11 is 5.81. The van der Waals surface area contributed by atoms with Crippen LogP contribution in [0.4, 0.5) is 0 Å². The van der Waals surface area contributed by atoms with E-state index in [1.165, 1.54) is 5.56 Å². The highest BCUT2D eigenvalue weighted by atomic mass is 35.5. The Morgan fingerprint density at radius 2 is 1.89 bits per heavy atom. The van der Waals surface area contributed by atoms with Crippen molar-refractivity contribution in [3.05, 3.63) is 34.9 Å². The van der Waals surface area contributed by atoms with E-state index in [1.807, 2.05) is 31.3 Å². The van der Waals surface area contributed by atoms with Crippen molar-refractivity contribution in [3.8, 4) is 0 Å². The number of carbonyl (C=O) groups excluding carboxylic acids is 1. The van der Waals surface area contributed by atoms with Gasteiger partial charge in [-0.05, 0) is 50.6 Å². The predicted octanol–water partition coefficient (Wildman–Crippen LogP) is 2.39. The van der Waals surface area contributed by atoms with Gasteiger partial charge in [0.05, 0.1) is 0 Å². The standard InChI is InChI=1S/C14H21ClN2O/c1-16-10-3-11-17-14(18)5-2-4-12-6-8-13(15)9-7-12/h6-9,16H,2-5,10-11H2,1H3,(H,17,18). The third-order valence-corrected chi connectivity index (χ3v) is 2.96. The Morgan fingerprint density at radius 3 is 2.56 bits per heavy atom. The molecule has 4 heteroatoms. The minimum atomic E-state index is 0.139. The summed E-state index contributed by atoms with van der Waals surface area (Å²) in [5.41, 5.74) is 1.22. The number of aryl methyl sites for hydroxylation is 1. The molecule has 0 saturated carbocycles. The van der Waals surface area contributed by atoms with Gasteiger partial charge >= 0.3 is 0 Å². The Labute approximate surface area is 114 Å². The Kier molecular flexibility index (Phi) is 7.46. The van der Waals surface area contributed by atoms with Gasteiger partial charge in [0.1, 0.15) is 0 Å². The number of nitrogens with one attached hydrogen (secondary N) is 2. The van der Waals surface area contributed by atoms with E-state index in [4.69, 9.17) is 11.6 Å². The summed E-state index contributed by atoms with van der Waals surface area (Å²) < 4.78 is 0. The molecule has 0 heterocycles. The van der Waals surface area contributed by atoms with E-state index in [9.17, 15) is 4.79 Å². The van der Waals surface area contributed by atoms with Crippen molar-refractivity contribution >= 4 is 17.5 Å². The lowest BCUT2D eigenvalue weighted by Gasteiger charge is -2.05. The Hall–Kier alpha value is -1.06. The molecule has 0 radical (unpaired) electrons. The van der Waals surface area contributed by atoms with Crippen molar-refractivity contribution in [1.82, 2.24) is 10.6 Å². The smallest absolute Gasteiger partial charge is 0.220 e. The maximum Gasteiger partial charge on any atom is 0.220 e. The average Bonchev–Trinajstić information content (AvgIpc) is 2.37. The van der Waals surface area contributed by atoms with Crippen molar-refractivity contribution in [3.63, 3.8) is 0 Å². The normalized spacial score (nSPS) is 10.3. The van der Waals surface area contributed by atoms with Gasteiger partial charge in [-0.1, -0.05) is 23.7 Å². The highest BCUT2D eigenvalue weighted by molar-refractivity contribution is 6.30. The first-order valence-corrected chi connectivity index (χ1v) is 6.76. The van der Waals surface area contributed by atoms with Crippen LogP contribution < -0.4 is 10.6 Å². The second-order valence-electron chi connectivity index (χ2n) is 4.29. The molecule has 0 aliphatic heterocycles. The molecule has 0 saturated heterocycles. The van der Waals surface area contributed by atoms with E-state index in [-0.39, 0.29) is 5.91 Å². The molecule has 0 spiro atoms. The summed E-state index contributed by atoms with van der Waals surface area (Å²) in [5, 5.41) is 6.71. The molecule has 0 aliphatic carbocycles. The number of hydrogen-bond donors (Lipinski definition) is 2. The molecule has 1 aromatic rings. The number of rotatable bonds is 8. The third kappa shape index (κ3) is 6.62.